The van der Waals surface area contributed by atoms with Gasteiger partial charge in [-0.2, -0.15) is 0 Å². The zero-order chi connectivity index (χ0) is 21.2. The van der Waals surface area contributed by atoms with Crippen molar-refractivity contribution in [3.63, 3.8) is 0 Å². The van der Waals surface area contributed by atoms with Crippen LogP contribution in [0, 0.1) is 0 Å². The fourth-order valence-electron chi connectivity index (χ4n) is 3.76. The number of rotatable bonds is 5. The van der Waals surface area contributed by atoms with Gasteiger partial charge in [-0.15, -0.1) is 0 Å². The summed E-state index contributed by atoms with van der Waals surface area (Å²) in [5.74, 6) is 1.36. The Balaban J connectivity index is 1.28. The number of hydrogen-bond acceptors (Lipinski definition) is 8. The van der Waals surface area contributed by atoms with Gasteiger partial charge < -0.3 is 14.8 Å². The average Bonchev–Trinajstić information content (AvgIpc) is 3.42. The molecule has 1 N–H and O–H groups in total. The molecule has 31 heavy (non-hydrogen) atoms. The van der Waals surface area contributed by atoms with Gasteiger partial charge in [-0.1, -0.05) is 0 Å². The number of carbonyl (C=O) groups excluding carboxylic acids is 1. The first kappa shape index (κ1) is 19.3. The molecule has 1 saturated heterocycles. The Morgan fingerprint density at radius 3 is 2.74 bits per heavy atom. The average molecular weight is 422 g/mol. The maximum atomic E-state index is 14.2. The van der Waals surface area contributed by atoms with Gasteiger partial charge in [0.1, 0.15) is 11.9 Å². The van der Waals surface area contributed by atoms with Gasteiger partial charge in [-0.25, -0.2) is 14.4 Å². The molecule has 158 valence electrons. The lowest BCUT2D eigenvalue weighted by Gasteiger charge is -2.23. The third-order valence-corrected chi connectivity index (χ3v) is 5.23. The van der Waals surface area contributed by atoms with Crippen LogP contribution in [0.25, 0.3) is 11.4 Å². The first-order valence-electron chi connectivity index (χ1n) is 9.82. The maximum absolute atomic E-state index is 14.2. The van der Waals surface area contributed by atoms with Crippen LogP contribution >= 0.6 is 0 Å². The van der Waals surface area contributed by atoms with Gasteiger partial charge in [-0.3, -0.25) is 19.7 Å². The summed E-state index contributed by atoms with van der Waals surface area (Å²) in [4.78, 5) is 31.5. The van der Waals surface area contributed by atoms with Gasteiger partial charge in [0, 0.05) is 49.7 Å². The van der Waals surface area contributed by atoms with E-state index in [1.54, 1.807) is 41.7 Å². The molecular weight excluding hydrogens is 403 g/mol. The summed E-state index contributed by atoms with van der Waals surface area (Å²) in [5, 5.41) is 2.79. The number of aromatic nitrogens is 4. The van der Waals surface area contributed by atoms with Crippen molar-refractivity contribution < 1.29 is 18.7 Å². The van der Waals surface area contributed by atoms with Crippen molar-refractivity contribution in [1.82, 2.24) is 24.8 Å². The first-order chi connectivity index (χ1) is 15.2. The predicted octanol–water partition coefficient (Wildman–Crippen LogP) is 2.21. The highest BCUT2D eigenvalue weighted by atomic mass is 19.1. The minimum absolute atomic E-state index is 0.105. The normalized spacial score (nSPS) is 20.0. The molecule has 1 amide bonds. The lowest BCUT2D eigenvalue weighted by Crippen LogP contribution is -2.39. The van der Waals surface area contributed by atoms with E-state index in [0.29, 0.717) is 28.7 Å². The molecule has 3 aromatic heterocycles. The molecule has 2 atom stereocenters. The number of pyridine rings is 2. The van der Waals surface area contributed by atoms with Gasteiger partial charge in [0.05, 0.1) is 24.1 Å². The zero-order valence-electron chi connectivity index (χ0n) is 16.4. The number of nitrogens with one attached hydrogen (secondary N) is 1. The van der Waals surface area contributed by atoms with E-state index in [-0.39, 0.29) is 32.2 Å². The molecule has 0 radical (unpaired) electrons. The number of likely N-dealkylation sites (tertiary alicyclic amines) is 1. The van der Waals surface area contributed by atoms with Gasteiger partial charge in [-0.05, 0) is 12.1 Å². The molecule has 2 aliphatic rings. The minimum atomic E-state index is -1.10. The van der Waals surface area contributed by atoms with Crippen molar-refractivity contribution in [2.45, 2.75) is 25.2 Å². The van der Waals surface area contributed by atoms with E-state index in [1.165, 1.54) is 12.4 Å². The zero-order valence-corrected chi connectivity index (χ0v) is 16.4. The highest BCUT2D eigenvalue weighted by Gasteiger charge is 2.38. The van der Waals surface area contributed by atoms with Crippen molar-refractivity contribution >= 4 is 11.6 Å². The van der Waals surface area contributed by atoms with Crippen molar-refractivity contribution in [2.24, 2.45) is 0 Å². The van der Waals surface area contributed by atoms with Crippen LogP contribution in [0.1, 0.15) is 12.1 Å². The van der Waals surface area contributed by atoms with Crippen LogP contribution in [-0.4, -0.2) is 56.3 Å². The lowest BCUT2D eigenvalue weighted by molar-refractivity contribution is -0.120. The van der Waals surface area contributed by atoms with Crippen molar-refractivity contribution in [3.05, 3.63) is 54.9 Å². The number of hydrogen-bond donors (Lipinski definition) is 1. The van der Waals surface area contributed by atoms with Crippen LogP contribution in [0.5, 0.6) is 11.5 Å². The first-order valence-corrected chi connectivity index (χ1v) is 9.82. The van der Waals surface area contributed by atoms with Crippen molar-refractivity contribution in [3.8, 4) is 22.9 Å². The van der Waals surface area contributed by atoms with Crippen LogP contribution in [-0.2, 0) is 11.3 Å². The summed E-state index contributed by atoms with van der Waals surface area (Å²) in [6, 6.07) is 4.67. The number of anilines is 1. The van der Waals surface area contributed by atoms with Crippen LogP contribution in [0.2, 0.25) is 0 Å². The van der Waals surface area contributed by atoms with Gasteiger partial charge in [0.2, 0.25) is 12.7 Å². The van der Waals surface area contributed by atoms with E-state index < -0.39 is 12.2 Å². The molecule has 5 rings (SSSR count). The standard InChI is InChI=1S/C21H19FN6O3/c22-14-7-17(28(10-14)11-16-19-18(3-6-24-16)30-12-31-19)21(29)27-15-8-25-20(26-9-15)13-1-4-23-5-2-13/h1-6,8-9,14,17H,7,10-12H2,(H,27,29)/t14-,17+/m0/s1. The Labute approximate surface area is 177 Å². The Morgan fingerprint density at radius 2 is 1.94 bits per heavy atom. The van der Waals surface area contributed by atoms with Crippen molar-refractivity contribution in [1.29, 1.82) is 0 Å². The van der Waals surface area contributed by atoms with Crippen molar-refractivity contribution in [2.75, 3.05) is 18.7 Å². The fraction of sp³-hybridized carbons (Fsp3) is 0.286. The summed E-state index contributed by atoms with van der Waals surface area (Å²) in [6.45, 7) is 0.545. The van der Waals surface area contributed by atoms with Gasteiger partial charge in [0.25, 0.3) is 0 Å². The van der Waals surface area contributed by atoms with E-state index in [0.717, 1.165) is 5.56 Å². The molecule has 0 bridgehead atoms. The van der Waals surface area contributed by atoms with Crippen LogP contribution < -0.4 is 14.8 Å². The SMILES string of the molecule is O=C(Nc1cnc(-c2ccncc2)nc1)[C@H]1C[C@H](F)CN1Cc1nccc2c1OCO2. The maximum Gasteiger partial charge on any atom is 0.241 e. The third-order valence-electron chi connectivity index (χ3n) is 5.23. The van der Waals surface area contributed by atoms with E-state index in [4.69, 9.17) is 9.47 Å². The largest absolute Gasteiger partial charge is 0.453 e. The summed E-state index contributed by atoms with van der Waals surface area (Å²) < 4.78 is 25.1. The molecule has 2 aliphatic heterocycles. The summed E-state index contributed by atoms with van der Waals surface area (Å²) >= 11 is 0. The Bertz CT molecular complexity index is 1080. The monoisotopic (exact) mass is 422 g/mol. The molecule has 0 spiro atoms. The van der Waals surface area contributed by atoms with Gasteiger partial charge in [0.15, 0.2) is 17.3 Å². The highest BCUT2D eigenvalue weighted by Crippen LogP contribution is 2.35. The minimum Gasteiger partial charge on any atom is -0.453 e. The molecule has 9 nitrogen and oxygen atoms in total. The lowest BCUT2D eigenvalue weighted by atomic mass is 10.2. The van der Waals surface area contributed by atoms with Crippen LogP contribution in [0.3, 0.4) is 0 Å². The number of fused-ring (bicyclic) bond motifs is 1. The number of carbonyl (C=O) groups is 1. The van der Waals surface area contributed by atoms with Crippen LogP contribution in [0.15, 0.2) is 49.2 Å². The summed E-state index contributed by atoms with van der Waals surface area (Å²) in [5.41, 5.74) is 1.89. The number of halogens is 1. The molecule has 0 aliphatic carbocycles. The molecule has 0 saturated carbocycles. The van der Waals surface area contributed by atoms with E-state index >= 15 is 0 Å². The second-order valence-corrected chi connectivity index (χ2v) is 7.29. The van der Waals surface area contributed by atoms with E-state index in [9.17, 15) is 9.18 Å². The Kier molecular flexibility index (Phi) is 5.13. The molecule has 5 heterocycles. The predicted molar refractivity (Wildman–Crippen MR) is 108 cm³/mol. The number of nitrogens with zero attached hydrogens (tertiary/aromatic N) is 5. The topological polar surface area (TPSA) is 102 Å². The molecule has 10 heteroatoms. The number of ether oxygens (including phenoxy) is 2. The summed E-state index contributed by atoms with van der Waals surface area (Å²) in [7, 11) is 0. The van der Waals surface area contributed by atoms with E-state index in [2.05, 4.69) is 25.3 Å². The van der Waals surface area contributed by atoms with Crippen LogP contribution in [0.4, 0.5) is 10.1 Å². The Hall–Kier alpha value is -3.66. The molecule has 1 fully saturated rings. The highest BCUT2D eigenvalue weighted by molar-refractivity contribution is 5.94. The summed E-state index contributed by atoms with van der Waals surface area (Å²) in [6.07, 6.45) is 6.99. The second kappa shape index (κ2) is 8.23. The van der Waals surface area contributed by atoms with E-state index in [1.807, 2.05) is 0 Å². The molecule has 3 aromatic rings. The molecule has 0 aromatic carbocycles. The fourth-order valence-corrected chi connectivity index (χ4v) is 3.76. The quantitative estimate of drug-likeness (QED) is 0.668. The smallest absolute Gasteiger partial charge is 0.241 e. The third kappa shape index (κ3) is 4.02. The number of alkyl halides is 1. The second-order valence-electron chi connectivity index (χ2n) is 7.29. The van der Waals surface area contributed by atoms with Gasteiger partial charge >= 0.3 is 0 Å². The number of amides is 1. The Morgan fingerprint density at radius 1 is 1.13 bits per heavy atom. The molecular formula is C21H19FN6O3. The molecule has 0 unspecified atom stereocenters.